The van der Waals surface area contributed by atoms with Gasteiger partial charge < -0.3 is 4.42 Å². The number of carbonyl (C=O) groups is 1. The van der Waals surface area contributed by atoms with Crippen LogP contribution in [0.25, 0.3) is 22.0 Å². The Hall–Kier alpha value is -2.71. The van der Waals surface area contributed by atoms with Crippen molar-refractivity contribution < 1.29 is 9.21 Å². The van der Waals surface area contributed by atoms with Crippen LogP contribution in [0.15, 0.2) is 51.8 Å². The van der Waals surface area contributed by atoms with Crippen LogP contribution >= 0.6 is 22.7 Å². The third-order valence-corrected chi connectivity index (χ3v) is 4.76. The SMILES string of the molecule is O=C(Nc1nc(-c2ccco2)cs1)c1cc(-c2cccs2)[nH]n1. The van der Waals surface area contributed by atoms with E-state index in [1.165, 1.54) is 11.3 Å². The number of aromatic amines is 1. The highest BCUT2D eigenvalue weighted by atomic mass is 32.1. The summed E-state index contributed by atoms with van der Waals surface area (Å²) in [5.41, 5.74) is 1.83. The van der Waals surface area contributed by atoms with E-state index < -0.39 is 0 Å². The van der Waals surface area contributed by atoms with Gasteiger partial charge in [0.1, 0.15) is 5.69 Å². The van der Waals surface area contributed by atoms with Crippen LogP contribution in [0, 0.1) is 0 Å². The van der Waals surface area contributed by atoms with Crippen molar-refractivity contribution in [1.82, 2.24) is 15.2 Å². The fourth-order valence-corrected chi connectivity index (χ4v) is 3.41. The molecule has 0 atom stereocenters. The van der Waals surface area contributed by atoms with Crippen molar-refractivity contribution >= 4 is 33.7 Å². The second kappa shape index (κ2) is 5.82. The lowest BCUT2D eigenvalue weighted by Crippen LogP contribution is -2.12. The molecule has 114 valence electrons. The number of hydrogen-bond acceptors (Lipinski definition) is 6. The van der Waals surface area contributed by atoms with Gasteiger partial charge in [-0.05, 0) is 29.6 Å². The maximum absolute atomic E-state index is 12.2. The van der Waals surface area contributed by atoms with Gasteiger partial charge in [0.25, 0.3) is 5.91 Å². The lowest BCUT2D eigenvalue weighted by Gasteiger charge is -1.96. The van der Waals surface area contributed by atoms with Gasteiger partial charge in [-0.3, -0.25) is 15.2 Å². The molecule has 23 heavy (non-hydrogen) atoms. The lowest BCUT2D eigenvalue weighted by molar-refractivity contribution is 0.102. The number of furan rings is 1. The molecule has 0 saturated heterocycles. The smallest absolute Gasteiger partial charge is 0.277 e. The second-order valence-electron chi connectivity index (χ2n) is 4.61. The topological polar surface area (TPSA) is 83.8 Å². The molecule has 0 aliphatic carbocycles. The van der Waals surface area contributed by atoms with Crippen molar-refractivity contribution in [2.24, 2.45) is 0 Å². The first kappa shape index (κ1) is 13.9. The van der Waals surface area contributed by atoms with E-state index in [0.717, 1.165) is 10.6 Å². The van der Waals surface area contributed by atoms with Crippen molar-refractivity contribution in [2.75, 3.05) is 5.32 Å². The molecule has 2 N–H and O–H groups in total. The first-order chi connectivity index (χ1) is 11.3. The van der Waals surface area contributed by atoms with Crippen molar-refractivity contribution in [2.45, 2.75) is 0 Å². The lowest BCUT2D eigenvalue weighted by atomic mass is 10.3. The van der Waals surface area contributed by atoms with Gasteiger partial charge in [-0.2, -0.15) is 5.10 Å². The minimum absolute atomic E-state index is 0.301. The number of nitrogens with zero attached hydrogens (tertiary/aromatic N) is 2. The average molecular weight is 342 g/mol. The number of nitrogens with one attached hydrogen (secondary N) is 2. The van der Waals surface area contributed by atoms with E-state index in [1.807, 2.05) is 29.0 Å². The quantitative estimate of drug-likeness (QED) is 0.584. The van der Waals surface area contributed by atoms with Gasteiger partial charge in [0.05, 0.1) is 16.8 Å². The first-order valence-electron chi connectivity index (χ1n) is 6.69. The fraction of sp³-hybridized carbons (Fsp3) is 0. The Morgan fingerprint density at radius 3 is 3.00 bits per heavy atom. The summed E-state index contributed by atoms with van der Waals surface area (Å²) in [4.78, 5) is 17.6. The number of aromatic nitrogens is 3. The molecule has 4 aromatic heterocycles. The Bertz CT molecular complexity index is 923. The molecule has 0 bridgehead atoms. The zero-order valence-corrected chi connectivity index (χ0v) is 13.3. The third-order valence-electron chi connectivity index (χ3n) is 3.10. The molecule has 0 aliphatic rings. The predicted molar refractivity (Wildman–Crippen MR) is 89.7 cm³/mol. The van der Waals surface area contributed by atoms with Gasteiger partial charge in [0.15, 0.2) is 16.6 Å². The number of amides is 1. The van der Waals surface area contributed by atoms with Crippen molar-refractivity contribution in [3.05, 3.63) is 53.0 Å². The van der Waals surface area contributed by atoms with Gasteiger partial charge in [-0.1, -0.05) is 6.07 Å². The Balaban J connectivity index is 1.50. The number of anilines is 1. The maximum Gasteiger partial charge on any atom is 0.277 e. The highest BCUT2D eigenvalue weighted by molar-refractivity contribution is 7.14. The van der Waals surface area contributed by atoms with E-state index >= 15 is 0 Å². The molecule has 0 fully saturated rings. The van der Waals surface area contributed by atoms with Crippen molar-refractivity contribution in [3.63, 3.8) is 0 Å². The maximum atomic E-state index is 12.2. The first-order valence-corrected chi connectivity index (χ1v) is 8.45. The third kappa shape index (κ3) is 2.81. The molecule has 0 aliphatic heterocycles. The number of thiazole rings is 1. The molecule has 8 heteroatoms. The second-order valence-corrected chi connectivity index (χ2v) is 6.42. The van der Waals surface area contributed by atoms with Crippen molar-refractivity contribution in [3.8, 4) is 22.0 Å². The van der Waals surface area contributed by atoms with Gasteiger partial charge in [0.2, 0.25) is 0 Å². The molecule has 0 radical (unpaired) electrons. The molecular formula is C15H10N4O2S2. The monoisotopic (exact) mass is 342 g/mol. The van der Waals surface area contributed by atoms with E-state index in [1.54, 1.807) is 29.7 Å². The van der Waals surface area contributed by atoms with E-state index in [0.29, 0.717) is 22.3 Å². The summed E-state index contributed by atoms with van der Waals surface area (Å²) in [6.45, 7) is 0. The van der Waals surface area contributed by atoms with Crippen LogP contribution in [0.4, 0.5) is 5.13 Å². The van der Waals surface area contributed by atoms with E-state index in [-0.39, 0.29) is 5.91 Å². The minimum atomic E-state index is -0.301. The number of carbonyl (C=O) groups excluding carboxylic acids is 1. The molecule has 0 aromatic carbocycles. The highest BCUT2D eigenvalue weighted by Crippen LogP contribution is 2.26. The Kier molecular flexibility index (Phi) is 3.52. The number of hydrogen-bond donors (Lipinski definition) is 2. The van der Waals surface area contributed by atoms with Crippen LogP contribution < -0.4 is 5.32 Å². The zero-order valence-electron chi connectivity index (χ0n) is 11.6. The molecule has 6 nitrogen and oxygen atoms in total. The van der Waals surface area contributed by atoms with Crippen LogP contribution in [0.2, 0.25) is 0 Å². The van der Waals surface area contributed by atoms with Gasteiger partial charge in [-0.25, -0.2) is 4.98 Å². The summed E-state index contributed by atoms with van der Waals surface area (Å²) >= 11 is 2.92. The van der Waals surface area contributed by atoms with Crippen LogP contribution in [0.5, 0.6) is 0 Å². The minimum Gasteiger partial charge on any atom is -0.463 e. The van der Waals surface area contributed by atoms with E-state index in [4.69, 9.17) is 4.42 Å². The average Bonchev–Trinajstić information content (AvgIpc) is 3.30. The zero-order chi connectivity index (χ0) is 15.6. The van der Waals surface area contributed by atoms with Gasteiger partial charge >= 0.3 is 0 Å². The van der Waals surface area contributed by atoms with Crippen molar-refractivity contribution in [1.29, 1.82) is 0 Å². The summed E-state index contributed by atoms with van der Waals surface area (Å²) < 4.78 is 5.28. The molecule has 0 unspecified atom stereocenters. The Morgan fingerprint density at radius 1 is 1.26 bits per heavy atom. The molecule has 4 heterocycles. The molecule has 0 spiro atoms. The molecule has 4 aromatic rings. The summed E-state index contributed by atoms with van der Waals surface area (Å²) in [7, 11) is 0. The number of H-pyrrole nitrogens is 1. The summed E-state index contributed by atoms with van der Waals surface area (Å²) in [6, 6.07) is 9.26. The van der Waals surface area contributed by atoms with Crippen LogP contribution in [0.3, 0.4) is 0 Å². The normalized spacial score (nSPS) is 10.8. The molecule has 0 saturated carbocycles. The largest absolute Gasteiger partial charge is 0.463 e. The molecule has 1 amide bonds. The Labute approximate surface area is 138 Å². The molecular weight excluding hydrogens is 332 g/mol. The number of thiophene rings is 1. The standard InChI is InChI=1S/C15H10N4O2S2/c20-14(10-7-9(18-19-10)13-4-2-6-22-13)17-15-16-11(8-23-15)12-3-1-5-21-12/h1-8H,(H,18,19)(H,16,17,20). The van der Waals surface area contributed by atoms with E-state index in [9.17, 15) is 4.79 Å². The predicted octanol–water partition coefficient (Wildman–Crippen LogP) is 4.11. The van der Waals surface area contributed by atoms with Crippen LogP contribution in [-0.2, 0) is 0 Å². The molecule has 4 rings (SSSR count). The van der Waals surface area contributed by atoms with E-state index in [2.05, 4.69) is 20.5 Å². The number of rotatable bonds is 4. The van der Waals surface area contributed by atoms with Gasteiger partial charge in [0, 0.05) is 5.38 Å². The highest BCUT2D eigenvalue weighted by Gasteiger charge is 2.14. The fourth-order valence-electron chi connectivity index (χ4n) is 2.03. The summed E-state index contributed by atoms with van der Waals surface area (Å²) in [6.07, 6.45) is 1.59. The van der Waals surface area contributed by atoms with Crippen LogP contribution in [0.1, 0.15) is 10.5 Å². The van der Waals surface area contributed by atoms with Crippen LogP contribution in [-0.4, -0.2) is 21.1 Å². The summed E-state index contributed by atoms with van der Waals surface area (Å²) in [5.74, 6) is 0.367. The Morgan fingerprint density at radius 2 is 2.22 bits per heavy atom. The van der Waals surface area contributed by atoms with Gasteiger partial charge in [-0.15, -0.1) is 22.7 Å². The summed E-state index contributed by atoms with van der Waals surface area (Å²) in [5, 5.41) is 14.0.